The molecule has 0 spiro atoms. The molecule has 3 N–H and O–H groups in total. The maximum absolute atomic E-state index is 9.01. The topological polar surface area (TPSA) is 60.7 Å². The summed E-state index contributed by atoms with van der Waals surface area (Å²) in [5.41, 5.74) is 0. The molecule has 0 aliphatic rings. The number of hydrogen-bond donors (Lipinski definition) is 3. The molecule has 90 valence electrons. The van der Waals surface area contributed by atoms with Crippen molar-refractivity contribution < 1.29 is 15.3 Å². The van der Waals surface area contributed by atoms with E-state index in [0.29, 0.717) is 0 Å². The van der Waals surface area contributed by atoms with Crippen LogP contribution in [0.3, 0.4) is 0 Å². The molecule has 0 aliphatic heterocycles. The Morgan fingerprint density at radius 1 is 1.00 bits per heavy atom. The minimum atomic E-state index is -2.04. The summed E-state index contributed by atoms with van der Waals surface area (Å²) in [4.78, 5) is 0. The molecule has 3 heteroatoms. The Bertz CT molecular complexity index is 164. The van der Waals surface area contributed by atoms with Crippen LogP contribution < -0.4 is 0 Å². The van der Waals surface area contributed by atoms with Crippen LogP contribution in [-0.4, -0.2) is 27.7 Å². The largest absolute Gasteiger partial charge is 0.390 e. The van der Waals surface area contributed by atoms with Crippen LogP contribution in [0.5, 0.6) is 0 Å². The van der Waals surface area contributed by atoms with Crippen molar-refractivity contribution in [3.63, 3.8) is 0 Å². The van der Waals surface area contributed by atoms with E-state index < -0.39 is 12.4 Å². The molecule has 0 rings (SSSR count). The van der Waals surface area contributed by atoms with Crippen molar-refractivity contribution in [3.05, 3.63) is 12.2 Å². The minimum Gasteiger partial charge on any atom is -0.390 e. The van der Waals surface area contributed by atoms with Crippen LogP contribution in [-0.2, 0) is 0 Å². The second kappa shape index (κ2) is 8.89. The predicted molar refractivity (Wildman–Crippen MR) is 61.4 cm³/mol. The summed E-state index contributed by atoms with van der Waals surface area (Å²) in [5.74, 6) is -2.04. The monoisotopic (exact) mass is 216 g/mol. The lowest BCUT2D eigenvalue weighted by molar-refractivity contribution is -0.146. The maximum Gasteiger partial charge on any atom is 0.206 e. The number of aliphatic hydroxyl groups excluding tert-OH is 1. The third kappa shape index (κ3) is 9.91. The van der Waals surface area contributed by atoms with E-state index in [9.17, 15) is 0 Å². The van der Waals surface area contributed by atoms with Crippen LogP contribution in [0.2, 0.25) is 0 Å². The molecule has 0 bridgehead atoms. The van der Waals surface area contributed by atoms with Crippen molar-refractivity contribution in [1.29, 1.82) is 0 Å². The smallest absolute Gasteiger partial charge is 0.206 e. The predicted octanol–water partition coefficient (Wildman–Crippen LogP) is 1.97. The van der Waals surface area contributed by atoms with E-state index in [1.54, 1.807) is 6.08 Å². The summed E-state index contributed by atoms with van der Waals surface area (Å²) in [6, 6.07) is 0. The minimum absolute atomic E-state index is 0.653. The van der Waals surface area contributed by atoms with Gasteiger partial charge in [0.25, 0.3) is 0 Å². The fourth-order valence-corrected chi connectivity index (χ4v) is 1.37. The summed E-state index contributed by atoms with van der Waals surface area (Å²) < 4.78 is 0. The Morgan fingerprint density at radius 2 is 1.60 bits per heavy atom. The Labute approximate surface area is 92.4 Å². The van der Waals surface area contributed by atoms with Crippen molar-refractivity contribution in [3.8, 4) is 0 Å². The second-order valence-electron chi connectivity index (χ2n) is 4.00. The van der Waals surface area contributed by atoms with Gasteiger partial charge in [-0.25, -0.2) is 0 Å². The highest BCUT2D eigenvalue weighted by Gasteiger charge is 2.15. The third-order valence-electron chi connectivity index (χ3n) is 2.34. The summed E-state index contributed by atoms with van der Waals surface area (Å²) in [7, 11) is 0. The molecular weight excluding hydrogens is 192 g/mol. The first-order chi connectivity index (χ1) is 7.12. The molecule has 3 nitrogen and oxygen atoms in total. The van der Waals surface area contributed by atoms with Crippen LogP contribution in [0.4, 0.5) is 0 Å². The first-order valence-corrected chi connectivity index (χ1v) is 5.85. The zero-order chi connectivity index (χ0) is 11.6. The van der Waals surface area contributed by atoms with Crippen LogP contribution in [0, 0.1) is 0 Å². The summed E-state index contributed by atoms with van der Waals surface area (Å²) in [6.07, 6.45) is 11.2. The number of unbranched alkanes of at least 4 members (excludes halogenated alkanes) is 6. The van der Waals surface area contributed by atoms with E-state index in [1.807, 2.05) is 0 Å². The average molecular weight is 216 g/mol. The number of aliphatic hydroxyl groups is 3. The summed E-state index contributed by atoms with van der Waals surface area (Å²) in [6.45, 7) is 1.54. The first-order valence-electron chi connectivity index (χ1n) is 5.85. The van der Waals surface area contributed by atoms with Crippen molar-refractivity contribution >= 4 is 0 Å². The molecule has 0 heterocycles. The van der Waals surface area contributed by atoms with Gasteiger partial charge in [-0.1, -0.05) is 45.1 Å². The van der Waals surface area contributed by atoms with Crippen molar-refractivity contribution in [2.24, 2.45) is 0 Å². The Hall–Kier alpha value is -0.380. The van der Waals surface area contributed by atoms with Crippen LogP contribution in [0.1, 0.15) is 51.9 Å². The van der Waals surface area contributed by atoms with E-state index in [0.717, 1.165) is 12.8 Å². The molecule has 0 unspecified atom stereocenters. The Morgan fingerprint density at radius 3 is 2.20 bits per heavy atom. The first kappa shape index (κ1) is 14.6. The fourth-order valence-electron chi connectivity index (χ4n) is 1.37. The van der Waals surface area contributed by atoms with Gasteiger partial charge < -0.3 is 15.3 Å². The van der Waals surface area contributed by atoms with Gasteiger partial charge in [0.05, 0.1) is 0 Å². The van der Waals surface area contributed by atoms with Gasteiger partial charge in [0.15, 0.2) is 0 Å². The van der Waals surface area contributed by atoms with E-state index in [2.05, 4.69) is 6.92 Å². The normalized spacial score (nSPS) is 12.5. The van der Waals surface area contributed by atoms with E-state index >= 15 is 0 Å². The lowest BCUT2D eigenvalue weighted by atomic mass is 10.1. The summed E-state index contributed by atoms with van der Waals surface area (Å²) in [5, 5.41) is 26.6. The molecule has 0 aromatic rings. The van der Waals surface area contributed by atoms with E-state index in [-0.39, 0.29) is 0 Å². The molecule has 0 saturated carbocycles. The Balaban J connectivity index is 3.31. The molecule has 0 amide bonds. The van der Waals surface area contributed by atoms with E-state index in [1.165, 1.54) is 38.2 Å². The molecule has 0 radical (unpaired) electrons. The van der Waals surface area contributed by atoms with Gasteiger partial charge in [0.1, 0.15) is 6.61 Å². The molecule has 0 saturated heterocycles. The van der Waals surface area contributed by atoms with E-state index in [4.69, 9.17) is 15.3 Å². The molecule has 0 aliphatic carbocycles. The zero-order valence-electron chi connectivity index (χ0n) is 9.65. The highest BCUT2D eigenvalue weighted by atomic mass is 16.5. The molecule has 0 aromatic heterocycles. The van der Waals surface area contributed by atoms with Gasteiger partial charge >= 0.3 is 0 Å². The highest BCUT2D eigenvalue weighted by molar-refractivity contribution is 4.93. The second-order valence-corrected chi connectivity index (χ2v) is 4.00. The van der Waals surface area contributed by atoms with Gasteiger partial charge in [-0.3, -0.25) is 0 Å². The Kier molecular flexibility index (Phi) is 8.67. The zero-order valence-corrected chi connectivity index (χ0v) is 9.65. The number of allylic oxidation sites excluding steroid dienone is 1. The standard InChI is InChI=1S/C12H24O3/c1-2-3-4-5-6-7-8-9-10-12(14,15)11-13/h9-10,13-15H,2-8,11H2,1H3. The average Bonchev–Trinajstić information content (AvgIpc) is 2.22. The van der Waals surface area contributed by atoms with Crippen LogP contribution in [0.15, 0.2) is 12.2 Å². The third-order valence-corrected chi connectivity index (χ3v) is 2.34. The van der Waals surface area contributed by atoms with Gasteiger partial charge in [-0.05, 0) is 18.9 Å². The van der Waals surface area contributed by atoms with Crippen molar-refractivity contribution in [1.82, 2.24) is 0 Å². The number of rotatable bonds is 9. The van der Waals surface area contributed by atoms with Crippen LogP contribution >= 0.6 is 0 Å². The van der Waals surface area contributed by atoms with Gasteiger partial charge in [0, 0.05) is 0 Å². The van der Waals surface area contributed by atoms with Crippen molar-refractivity contribution in [2.45, 2.75) is 57.7 Å². The fraction of sp³-hybridized carbons (Fsp3) is 0.833. The summed E-state index contributed by atoms with van der Waals surface area (Å²) >= 11 is 0. The maximum atomic E-state index is 9.01. The molecule has 0 aromatic carbocycles. The van der Waals surface area contributed by atoms with Crippen molar-refractivity contribution in [2.75, 3.05) is 6.61 Å². The van der Waals surface area contributed by atoms with Gasteiger partial charge in [-0.2, -0.15) is 0 Å². The molecule has 0 atom stereocenters. The quantitative estimate of drug-likeness (QED) is 0.314. The molecular formula is C12H24O3. The van der Waals surface area contributed by atoms with Gasteiger partial charge in [-0.15, -0.1) is 0 Å². The molecule has 15 heavy (non-hydrogen) atoms. The SMILES string of the molecule is CCCCCCCCC=CC(O)(O)CO. The van der Waals surface area contributed by atoms with Gasteiger partial charge in [0.2, 0.25) is 5.79 Å². The number of hydrogen-bond acceptors (Lipinski definition) is 3. The van der Waals surface area contributed by atoms with Crippen LogP contribution in [0.25, 0.3) is 0 Å². The lowest BCUT2D eigenvalue weighted by Gasteiger charge is -2.12. The lowest BCUT2D eigenvalue weighted by Crippen LogP contribution is -2.29. The molecule has 0 fully saturated rings. The highest BCUT2D eigenvalue weighted by Crippen LogP contribution is 2.08.